The summed E-state index contributed by atoms with van der Waals surface area (Å²) >= 11 is 0. The van der Waals surface area contributed by atoms with Gasteiger partial charge in [0.05, 0.1) is 0 Å². The summed E-state index contributed by atoms with van der Waals surface area (Å²) in [6, 6.07) is 0. The first kappa shape index (κ1) is 10.2. The standard InChI is InChI=1S/C15H26/c1-2-5-12(4-1)14-8-10-15(11-9-14)13-6-3-7-13/h12-15H,1-11H2. The maximum absolute atomic E-state index is 1.59. The monoisotopic (exact) mass is 206 g/mol. The van der Waals surface area contributed by atoms with Gasteiger partial charge in [0, 0.05) is 0 Å². The summed E-state index contributed by atoms with van der Waals surface area (Å²) in [5.41, 5.74) is 0. The van der Waals surface area contributed by atoms with Crippen LogP contribution in [0.25, 0.3) is 0 Å². The molecule has 15 heavy (non-hydrogen) atoms. The summed E-state index contributed by atoms with van der Waals surface area (Å²) in [5, 5.41) is 0. The lowest BCUT2D eigenvalue weighted by atomic mass is 9.66. The van der Waals surface area contributed by atoms with Crippen LogP contribution in [0, 0.1) is 23.7 Å². The third kappa shape index (κ3) is 2.10. The zero-order valence-corrected chi connectivity index (χ0v) is 10.1. The van der Waals surface area contributed by atoms with Crippen molar-refractivity contribution in [1.82, 2.24) is 0 Å². The fourth-order valence-corrected chi connectivity index (χ4v) is 4.43. The molecule has 3 saturated carbocycles. The predicted molar refractivity (Wildman–Crippen MR) is 64.7 cm³/mol. The molecular weight excluding hydrogens is 180 g/mol. The second-order valence-corrected chi connectivity index (χ2v) is 6.41. The van der Waals surface area contributed by atoms with Gasteiger partial charge in [-0.3, -0.25) is 0 Å². The Morgan fingerprint density at radius 1 is 0.333 bits per heavy atom. The van der Waals surface area contributed by atoms with Gasteiger partial charge in [-0.05, 0) is 49.4 Å². The molecule has 3 fully saturated rings. The summed E-state index contributed by atoms with van der Waals surface area (Å²) in [6.07, 6.45) is 17.2. The van der Waals surface area contributed by atoms with E-state index in [0.29, 0.717) is 0 Å². The lowest BCUT2D eigenvalue weighted by Crippen LogP contribution is -2.28. The van der Waals surface area contributed by atoms with Crippen molar-refractivity contribution in [3.63, 3.8) is 0 Å². The first-order chi connectivity index (χ1) is 7.43. The lowest BCUT2D eigenvalue weighted by molar-refractivity contribution is 0.118. The summed E-state index contributed by atoms with van der Waals surface area (Å²) < 4.78 is 0. The molecule has 0 atom stereocenters. The molecule has 3 rings (SSSR count). The van der Waals surface area contributed by atoms with E-state index in [0.717, 1.165) is 23.7 Å². The Hall–Kier alpha value is 0. The van der Waals surface area contributed by atoms with Crippen molar-refractivity contribution < 1.29 is 0 Å². The smallest absolute Gasteiger partial charge is 0.0386 e. The molecule has 0 heteroatoms. The molecule has 0 aliphatic heterocycles. The number of hydrogen-bond donors (Lipinski definition) is 0. The van der Waals surface area contributed by atoms with Gasteiger partial charge in [0.15, 0.2) is 0 Å². The van der Waals surface area contributed by atoms with Crippen molar-refractivity contribution in [2.75, 3.05) is 0 Å². The second kappa shape index (κ2) is 4.47. The van der Waals surface area contributed by atoms with E-state index in [9.17, 15) is 0 Å². The lowest BCUT2D eigenvalue weighted by Gasteiger charge is -2.39. The minimum absolute atomic E-state index is 1.14. The highest BCUT2D eigenvalue weighted by Gasteiger charge is 2.34. The quantitative estimate of drug-likeness (QED) is 0.610. The first-order valence-electron chi connectivity index (χ1n) is 7.43. The van der Waals surface area contributed by atoms with Crippen LogP contribution in [0.3, 0.4) is 0 Å². The Labute approximate surface area is 94.8 Å². The van der Waals surface area contributed by atoms with E-state index in [2.05, 4.69) is 0 Å². The van der Waals surface area contributed by atoms with Crippen LogP contribution in [0.2, 0.25) is 0 Å². The van der Waals surface area contributed by atoms with Crippen LogP contribution in [-0.4, -0.2) is 0 Å². The van der Waals surface area contributed by atoms with E-state index in [4.69, 9.17) is 0 Å². The van der Waals surface area contributed by atoms with E-state index in [-0.39, 0.29) is 0 Å². The minimum atomic E-state index is 1.14. The van der Waals surface area contributed by atoms with Crippen LogP contribution in [0.5, 0.6) is 0 Å². The van der Waals surface area contributed by atoms with Crippen molar-refractivity contribution in [3.8, 4) is 0 Å². The molecule has 0 aromatic heterocycles. The van der Waals surface area contributed by atoms with Crippen molar-refractivity contribution in [1.29, 1.82) is 0 Å². The van der Waals surface area contributed by atoms with Gasteiger partial charge in [0.2, 0.25) is 0 Å². The van der Waals surface area contributed by atoms with Gasteiger partial charge in [-0.25, -0.2) is 0 Å². The molecule has 0 amide bonds. The van der Waals surface area contributed by atoms with Gasteiger partial charge in [-0.2, -0.15) is 0 Å². The average molecular weight is 206 g/mol. The molecule has 0 radical (unpaired) electrons. The molecule has 3 aliphatic carbocycles. The zero-order valence-electron chi connectivity index (χ0n) is 10.1. The fourth-order valence-electron chi connectivity index (χ4n) is 4.43. The zero-order chi connectivity index (χ0) is 10.1. The van der Waals surface area contributed by atoms with E-state index in [1.807, 2.05) is 0 Å². The third-order valence-corrected chi connectivity index (χ3v) is 5.70. The van der Waals surface area contributed by atoms with Gasteiger partial charge in [-0.1, -0.05) is 44.9 Å². The van der Waals surface area contributed by atoms with Crippen molar-refractivity contribution >= 4 is 0 Å². The molecule has 0 aromatic carbocycles. The summed E-state index contributed by atoms with van der Waals surface area (Å²) in [5.74, 6) is 4.60. The Morgan fingerprint density at radius 2 is 0.667 bits per heavy atom. The molecule has 0 heterocycles. The highest BCUT2D eigenvalue weighted by molar-refractivity contribution is 4.85. The molecule has 0 aromatic rings. The number of rotatable bonds is 2. The van der Waals surface area contributed by atoms with E-state index in [1.54, 1.807) is 51.4 Å². The highest BCUT2D eigenvalue weighted by Crippen LogP contribution is 2.46. The van der Waals surface area contributed by atoms with E-state index in [1.165, 1.54) is 19.3 Å². The second-order valence-electron chi connectivity index (χ2n) is 6.41. The van der Waals surface area contributed by atoms with Crippen LogP contribution in [0.4, 0.5) is 0 Å². The Balaban J connectivity index is 1.47. The Kier molecular flexibility index (Phi) is 3.03. The molecular formula is C15H26. The highest BCUT2D eigenvalue weighted by atomic mass is 14.4. The maximum atomic E-state index is 1.59. The van der Waals surface area contributed by atoms with E-state index < -0.39 is 0 Å². The Bertz CT molecular complexity index is 190. The minimum Gasteiger partial charge on any atom is -0.0530 e. The molecule has 0 unspecified atom stereocenters. The van der Waals surface area contributed by atoms with E-state index >= 15 is 0 Å². The predicted octanol–water partition coefficient (Wildman–Crippen LogP) is 4.78. The van der Waals surface area contributed by atoms with Crippen molar-refractivity contribution in [2.45, 2.75) is 70.6 Å². The molecule has 0 nitrogen and oxygen atoms in total. The number of hydrogen-bond acceptors (Lipinski definition) is 0. The van der Waals surface area contributed by atoms with Crippen LogP contribution < -0.4 is 0 Å². The summed E-state index contributed by atoms with van der Waals surface area (Å²) in [4.78, 5) is 0. The maximum Gasteiger partial charge on any atom is -0.0386 e. The molecule has 86 valence electrons. The Morgan fingerprint density at radius 3 is 1.00 bits per heavy atom. The fraction of sp³-hybridized carbons (Fsp3) is 1.00. The molecule has 0 bridgehead atoms. The van der Waals surface area contributed by atoms with Crippen LogP contribution in [-0.2, 0) is 0 Å². The van der Waals surface area contributed by atoms with Crippen LogP contribution >= 0.6 is 0 Å². The largest absolute Gasteiger partial charge is 0.0530 e. The SMILES string of the molecule is C1CCC(C2CCC(C3CCC3)CC2)C1. The van der Waals surface area contributed by atoms with Crippen molar-refractivity contribution in [3.05, 3.63) is 0 Å². The first-order valence-corrected chi connectivity index (χ1v) is 7.43. The third-order valence-electron chi connectivity index (χ3n) is 5.70. The normalized spacial score (nSPS) is 39.2. The topological polar surface area (TPSA) is 0 Å². The van der Waals surface area contributed by atoms with Gasteiger partial charge < -0.3 is 0 Å². The molecule has 0 saturated heterocycles. The van der Waals surface area contributed by atoms with Gasteiger partial charge in [-0.15, -0.1) is 0 Å². The molecule has 0 N–H and O–H groups in total. The van der Waals surface area contributed by atoms with Crippen LogP contribution in [0.1, 0.15) is 70.6 Å². The van der Waals surface area contributed by atoms with Crippen LogP contribution in [0.15, 0.2) is 0 Å². The summed E-state index contributed by atoms with van der Waals surface area (Å²) in [6.45, 7) is 0. The van der Waals surface area contributed by atoms with Gasteiger partial charge in [0.1, 0.15) is 0 Å². The van der Waals surface area contributed by atoms with Crippen molar-refractivity contribution in [2.24, 2.45) is 23.7 Å². The molecule has 0 spiro atoms. The summed E-state index contributed by atoms with van der Waals surface area (Å²) in [7, 11) is 0. The molecule has 3 aliphatic rings. The van der Waals surface area contributed by atoms with Gasteiger partial charge in [0.25, 0.3) is 0 Å². The van der Waals surface area contributed by atoms with Gasteiger partial charge >= 0.3 is 0 Å². The average Bonchev–Trinajstić information content (AvgIpc) is 2.69.